The van der Waals surface area contributed by atoms with Gasteiger partial charge in [-0.1, -0.05) is 26.0 Å². The van der Waals surface area contributed by atoms with Crippen molar-refractivity contribution in [1.82, 2.24) is 0 Å². The number of esters is 1. The Morgan fingerprint density at radius 2 is 1.70 bits per heavy atom. The van der Waals surface area contributed by atoms with Gasteiger partial charge in [-0.05, 0) is 51.3 Å². The minimum Gasteiger partial charge on any atom is -0.460 e. The van der Waals surface area contributed by atoms with E-state index in [1.165, 1.54) is 0 Å². The molecule has 1 aromatic carbocycles. The van der Waals surface area contributed by atoms with Gasteiger partial charge in [-0.3, -0.25) is 4.79 Å². The molecular weight excluding hydrogens is 250 g/mol. The smallest absolute Gasteiger partial charge is 0.311 e. The zero-order valence-corrected chi connectivity index (χ0v) is 13.5. The van der Waals surface area contributed by atoms with E-state index in [9.17, 15) is 4.79 Å². The number of carbonyl (C=O) groups excluding carboxylic acids is 1. The van der Waals surface area contributed by atoms with Gasteiger partial charge in [0.15, 0.2) is 0 Å². The van der Waals surface area contributed by atoms with Crippen LogP contribution in [0.1, 0.15) is 47.1 Å². The number of carbonyl (C=O) groups is 1. The molecule has 3 heteroatoms. The van der Waals surface area contributed by atoms with Gasteiger partial charge in [-0.15, -0.1) is 0 Å². The van der Waals surface area contributed by atoms with Crippen LogP contribution < -0.4 is 5.32 Å². The first-order valence-corrected chi connectivity index (χ1v) is 7.23. The predicted molar refractivity (Wildman–Crippen MR) is 83.6 cm³/mol. The fourth-order valence-electron chi connectivity index (χ4n) is 1.49. The molecule has 112 valence electrons. The van der Waals surface area contributed by atoms with E-state index in [2.05, 4.69) is 26.1 Å². The zero-order valence-electron chi connectivity index (χ0n) is 13.5. The summed E-state index contributed by atoms with van der Waals surface area (Å²) in [4.78, 5) is 11.7. The summed E-state index contributed by atoms with van der Waals surface area (Å²) in [7, 11) is 0. The fraction of sp³-hybridized carbons (Fsp3) is 0.588. The third-order valence-electron chi connectivity index (χ3n) is 3.33. The predicted octanol–water partition coefficient (Wildman–Crippen LogP) is 4.23. The SMILES string of the molecule is CC(C)[C@@H](C)Nc1ccc(COC(=O)C(C)(C)C)cc1. The van der Waals surface area contributed by atoms with E-state index < -0.39 is 5.41 Å². The van der Waals surface area contributed by atoms with Crippen LogP contribution in [-0.4, -0.2) is 12.0 Å². The van der Waals surface area contributed by atoms with E-state index in [1.54, 1.807) is 0 Å². The highest BCUT2D eigenvalue weighted by Crippen LogP contribution is 2.18. The molecular formula is C17H27NO2. The minimum absolute atomic E-state index is 0.173. The quantitative estimate of drug-likeness (QED) is 0.818. The summed E-state index contributed by atoms with van der Waals surface area (Å²) in [6, 6.07) is 8.47. The summed E-state index contributed by atoms with van der Waals surface area (Å²) in [5.41, 5.74) is 1.65. The highest BCUT2D eigenvalue weighted by Gasteiger charge is 2.22. The van der Waals surface area contributed by atoms with Crippen LogP contribution in [0.4, 0.5) is 5.69 Å². The molecule has 0 saturated heterocycles. The Morgan fingerprint density at radius 1 is 1.15 bits per heavy atom. The molecule has 0 aliphatic heterocycles. The molecule has 3 nitrogen and oxygen atoms in total. The van der Waals surface area contributed by atoms with Gasteiger partial charge in [0.05, 0.1) is 5.41 Å². The largest absolute Gasteiger partial charge is 0.460 e. The van der Waals surface area contributed by atoms with Crippen LogP contribution in [0.3, 0.4) is 0 Å². The molecule has 0 amide bonds. The molecule has 1 aromatic rings. The highest BCUT2D eigenvalue weighted by atomic mass is 16.5. The number of benzene rings is 1. The van der Waals surface area contributed by atoms with Crippen LogP contribution >= 0.6 is 0 Å². The topological polar surface area (TPSA) is 38.3 Å². The van der Waals surface area contributed by atoms with Crippen LogP contribution in [0, 0.1) is 11.3 Å². The second-order valence-corrected chi connectivity index (χ2v) is 6.70. The first-order valence-electron chi connectivity index (χ1n) is 7.23. The molecule has 0 fully saturated rings. The number of rotatable bonds is 5. The van der Waals surface area contributed by atoms with Gasteiger partial charge in [0.2, 0.25) is 0 Å². The number of nitrogens with one attached hydrogen (secondary N) is 1. The Bertz CT molecular complexity index is 429. The van der Waals surface area contributed by atoms with Crippen molar-refractivity contribution < 1.29 is 9.53 Å². The minimum atomic E-state index is -0.450. The monoisotopic (exact) mass is 277 g/mol. The molecule has 0 aliphatic rings. The Balaban J connectivity index is 2.53. The lowest BCUT2D eigenvalue weighted by Crippen LogP contribution is -2.22. The fourth-order valence-corrected chi connectivity index (χ4v) is 1.49. The third-order valence-corrected chi connectivity index (χ3v) is 3.33. The van der Waals surface area contributed by atoms with E-state index in [0.717, 1.165) is 11.3 Å². The van der Waals surface area contributed by atoms with Crippen molar-refractivity contribution in [1.29, 1.82) is 0 Å². The van der Waals surface area contributed by atoms with Gasteiger partial charge in [0.25, 0.3) is 0 Å². The number of hydrogen-bond donors (Lipinski definition) is 1. The van der Waals surface area contributed by atoms with Crippen LogP contribution in [0.25, 0.3) is 0 Å². The van der Waals surface area contributed by atoms with Crippen molar-refractivity contribution >= 4 is 11.7 Å². The molecule has 0 aromatic heterocycles. The summed E-state index contributed by atoms with van der Waals surface area (Å²) in [5, 5.41) is 3.45. The summed E-state index contributed by atoms with van der Waals surface area (Å²) in [6.07, 6.45) is 0. The van der Waals surface area contributed by atoms with Gasteiger partial charge in [0.1, 0.15) is 6.61 Å². The molecule has 1 rings (SSSR count). The molecule has 0 unspecified atom stereocenters. The summed E-state index contributed by atoms with van der Waals surface area (Å²) < 4.78 is 5.29. The number of anilines is 1. The van der Waals surface area contributed by atoms with Crippen molar-refractivity contribution in [3.63, 3.8) is 0 Å². The van der Waals surface area contributed by atoms with Crippen molar-refractivity contribution in [2.75, 3.05) is 5.32 Å². The third kappa shape index (κ3) is 5.24. The van der Waals surface area contributed by atoms with Crippen LogP contribution in [0.15, 0.2) is 24.3 Å². The molecule has 1 atom stereocenters. The van der Waals surface area contributed by atoms with Crippen molar-refractivity contribution in [3.05, 3.63) is 29.8 Å². The maximum Gasteiger partial charge on any atom is 0.311 e. The molecule has 0 saturated carbocycles. The summed E-state index contributed by atoms with van der Waals surface area (Å²) in [5.74, 6) is 0.413. The van der Waals surface area contributed by atoms with Gasteiger partial charge >= 0.3 is 5.97 Å². The van der Waals surface area contributed by atoms with Crippen LogP contribution in [0.2, 0.25) is 0 Å². The molecule has 0 spiro atoms. The highest BCUT2D eigenvalue weighted by molar-refractivity contribution is 5.75. The Morgan fingerprint density at radius 3 is 2.15 bits per heavy atom. The maximum atomic E-state index is 11.7. The molecule has 0 aliphatic carbocycles. The van der Waals surface area contributed by atoms with E-state index >= 15 is 0 Å². The molecule has 0 heterocycles. The lowest BCUT2D eigenvalue weighted by Gasteiger charge is -2.19. The van der Waals surface area contributed by atoms with E-state index in [-0.39, 0.29) is 5.97 Å². The number of hydrogen-bond acceptors (Lipinski definition) is 3. The Kier molecular flexibility index (Phi) is 5.61. The molecule has 0 radical (unpaired) electrons. The normalized spacial score (nSPS) is 13.2. The van der Waals surface area contributed by atoms with Gasteiger partial charge in [-0.25, -0.2) is 0 Å². The molecule has 1 N–H and O–H groups in total. The average Bonchev–Trinajstić information content (AvgIpc) is 2.36. The van der Waals surface area contributed by atoms with Crippen molar-refractivity contribution in [2.24, 2.45) is 11.3 Å². The average molecular weight is 277 g/mol. The lowest BCUT2D eigenvalue weighted by atomic mass is 9.97. The first kappa shape index (κ1) is 16.5. The first-order chi connectivity index (χ1) is 9.20. The second kappa shape index (κ2) is 6.78. The zero-order chi connectivity index (χ0) is 15.3. The Hall–Kier alpha value is -1.51. The van der Waals surface area contributed by atoms with Gasteiger partial charge < -0.3 is 10.1 Å². The van der Waals surface area contributed by atoms with Crippen LogP contribution in [-0.2, 0) is 16.1 Å². The van der Waals surface area contributed by atoms with E-state index in [0.29, 0.717) is 18.6 Å². The standard InChI is InChI=1S/C17H27NO2/c1-12(2)13(3)18-15-9-7-14(8-10-15)11-20-16(19)17(4,5)6/h7-10,12-13,18H,11H2,1-6H3/t13-/m1/s1. The van der Waals surface area contributed by atoms with Gasteiger partial charge in [0, 0.05) is 11.7 Å². The van der Waals surface area contributed by atoms with Crippen LogP contribution in [0.5, 0.6) is 0 Å². The lowest BCUT2D eigenvalue weighted by molar-refractivity contribution is -0.154. The van der Waals surface area contributed by atoms with Gasteiger partial charge in [-0.2, -0.15) is 0 Å². The molecule has 20 heavy (non-hydrogen) atoms. The second-order valence-electron chi connectivity index (χ2n) is 6.70. The van der Waals surface area contributed by atoms with E-state index in [4.69, 9.17) is 4.74 Å². The summed E-state index contributed by atoms with van der Waals surface area (Å²) in [6.45, 7) is 12.5. The maximum absolute atomic E-state index is 11.7. The molecule has 0 bridgehead atoms. The number of ether oxygens (including phenoxy) is 1. The van der Waals surface area contributed by atoms with E-state index in [1.807, 2.05) is 45.0 Å². The van der Waals surface area contributed by atoms with Crippen molar-refractivity contribution in [2.45, 2.75) is 54.2 Å². The Labute approximate surface area is 122 Å². The van der Waals surface area contributed by atoms with Crippen molar-refractivity contribution in [3.8, 4) is 0 Å². The summed E-state index contributed by atoms with van der Waals surface area (Å²) >= 11 is 0.